The van der Waals surface area contributed by atoms with E-state index in [1.165, 1.54) is 24.0 Å². The molecule has 5 rings (SSSR count). The van der Waals surface area contributed by atoms with Gasteiger partial charge in [0.05, 0.1) is 15.7 Å². The minimum Gasteiger partial charge on any atom is -0.323 e. The smallest absolute Gasteiger partial charge is 0.157 e. The molecule has 0 amide bonds. The summed E-state index contributed by atoms with van der Waals surface area (Å²) >= 11 is 8.24. The van der Waals surface area contributed by atoms with E-state index in [1.807, 2.05) is 12.1 Å². The molecule has 1 fully saturated rings. The quantitative estimate of drug-likeness (QED) is 0.472. The van der Waals surface area contributed by atoms with Gasteiger partial charge in [-0.25, -0.2) is 9.97 Å². The lowest BCUT2D eigenvalue weighted by atomic mass is 9.94. The molecule has 1 N–H and O–H groups in total. The Balaban J connectivity index is 1.66. The summed E-state index contributed by atoms with van der Waals surface area (Å²) in [5, 5.41) is 6.04. The molecule has 1 aliphatic heterocycles. The topological polar surface area (TPSA) is 42.7 Å². The molecule has 138 valence electrons. The number of hydrogen-bond acceptors (Lipinski definition) is 4. The minimum absolute atomic E-state index is 0.494. The van der Waals surface area contributed by atoms with Crippen LogP contribution in [0.2, 0.25) is 5.15 Å². The van der Waals surface area contributed by atoms with Crippen molar-refractivity contribution < 1.29 is 0 Å². The summed E-state index contributed by atoms with van der Waals surface area (Å²) in [7, 11) is 0. The van der Waals surface area contributed by atoms with Crippen LogP contribution in [0.25, 0.3) is 32.6 Å². The monoisotopic (exact) mass is 396 g/mol. The number of imidazole rings is 1. The molecule has 0 unspecified atom stereocenters. The van der Waals surface area contributed by atoms with E-state index in [4.69, 9.17) is 16.6 Å². The molecule has 0 saturated carbocycles. The summed E-state index contributed by atoms with van der Waals surface area (Å²) in [6.07, 6.45) is 3.67. The number of halogens is 1. The summed E-state index contributed by atoms with van der Waals surface area (Å²) in [5.41, 5.74) is 4.03. The number of nitrogens with zero attached hydrogens (tertiary/aromatic N) is 3. The maximum atomic E-state index is 6.52. The summed E-state index contributed by atoms with van der Waals surface area (Å²) < 4.78 is 3.55. The predicted octanol–water partition coefficient (Wildman–Crippen LogP) is 5.36. The normalized spacial score (nSPS) is 15.7. The zero-order valence-corrected chi connectivity index (χ0v) is 16.6. The Morgan fingerprint density at radius 1 is 1.11 bits per heavy atom. The predicted molar refractivity (Wildman–Crippen MR) is 114 cm³/mol. The first-order valence-corrected chi connectivity index (χ1v) is 10.8. The van der Waals surface area contributed by atoms with Crippen molar-refractivity contribution in [3.8, 4) is 11.4 Å². The highest BCUT2D eigenvalue weighted by molar-refractivity contribution is 7.18. The maximum Gasteiger partial charge on any atom is 0.157 e. The second-order valence-corrected chi connectivity index (χ2v) is 8.44. The van der Waals surface area contributed by atoms with Crippen molar-refractivity contribution >= 4 is 44.2 Å². The van der Waals surface area contributed by atoms with Crippen molar-refractivity contribution in [3.05, 3.63) is 46.9 Å². The van der Waals surface area contributed by atoms with E-state index in [2.05, 4.69) is 44.5 Å². The first-order valence-electron chi connectivity index (χ1n) is 9.50. The Morgan fingerprint density at radius 3 is 2.74 bits per heavy atom. The second kappa shape index (κ2) is 7.23. The third kappa shape index (κ3) is 3.14. The van der Waals surface area contributed by atoms with Crippen molar-refractivity contribution in [1.29, 1.82) is 0 Å². The van der Waals surface area contributed by atoms with Gasteiger partial charge in [0, 0.05) is 12.1 Å². The molecule has 1 aliphatic rings. The number of nitrogens with one attached hydrogen (secondary N) is 1. The summed E-state index contributed by atoms with van der Waals surface area (Å²) in [6, 6.07) is 12.4. The van der Waals surface area contributed by atoms with Crippen molar-refractivity contribution in [1.82, 2.24) is 19.9 Å². The number of hydrogen-bond donors (Lipinski definition) is 1. The zero-order valence-electron chi connectivity index (χ0n) is 15.0. The fourth-order valence-electron chi connectivity index (χ4n) is 4.06. The van der Waals surface area contributed by atoms with Crippen LogP contribution in [0.15, 0.2) is 41.8 Å². The number of benzene rings is 1. The molecule has 0 atom stereocenters. The van der Waals surface area contributed by atoms with Crippen LogP contribution in [0.1, 0.15) is 19.3 Å². The number of pyridine rings is 1. The Morgan fingerprint density at radius 2 is 1.93 bits per heavy atom. The standard InChI is InChI=1S/C21H21ClN4S/c22-20-17-18(19-16(24-20)9-13-27-19)26(12-8-14-6-10-23-11-7-14)21(25-17)15-4-2-1-3-5-15/h1-5,9,13-14,23H,6-8,10-12H2. The first-order chi connectivity index (χ1) is 13.3. The lowest BCUT2D eigenvalue weighted by Gasteiger charge is -2.23. The van der Waals surface area contributed by atoms with E-state index >= 15 is 0 Å². The Kier molecular flexibility index (Phi) is 4.60. The van der Waals surface area contributed by atoms with Crippen LogP contribution in [-0.4, -0.2) is 27.6 Å². The number of piperidine rings is 1. The van der Waals surface area contributed by atoms with E-state index in [0.717, 1.165) is 53.5 Å². The van der Waals surface area contributed by atoms with E-state index in [0.29, 0.717) is 5.15 Å². The third-order valence-electron chi connectivity index (χ3n) is 5.49. The minimum atomic E-state index is 0.494. The van der Waals surface area contributed by atoms with E-state index < -0.39 is 0 Å². The molecule has 0 bridgehead atoms. The number of thiophene rings is 1. The SMILES string of the molecule is Clc1nc2ccsc2c2c1nc(-c1ccccc1)n2CCC1CCNCC1. The van der Waals surface area contributed by atoms with Gasteiger partial charge in [-0.1, -0.05) is 41.9 Å². The van der Waals surface area contributed by atoms with Crippen molar-refractivity contribution in [2.45, 2.75) is 25.8 Å². The lowest BCUT2D eigenvalue weighted by molar-refractivity contribution is 0.340. The molecule has 4 nitrogen and oxygen atoms in total. The number of fused-ring (bicyclic) bond motifs is 3. The number of aromatic nitrogens is 3. The van der Waals surface area contributed by atoms with Gasteiger partial charge in [-0.3, -0.25) is 0 Å². The van der Waals surface area contributed by atoms with Crippen LogP contribution in [0, 0.1) is 5.92 Å². The van der Waals surface area contributed by atoms with E-state index in [1.54, 1.807) is 11.3 Å². The molecule has 1 aromatic carbocycles. The number of rotatable bonds is 4. The average molecular weight is 397 g/mol. The fraction of sp³-hybridized carbons (Fsp3) is 0.333. The summed E-state index contributed by atoms with van der Waals surface area (Å²) in [6.45, 7) is 3.22. The van der Waals surface area contributed by atoms with Crippen LogP contribution in [0.5, 0.6) is 0 Å². The molecule has 0 spiro atoms. The molecule has 6 heteroatoms. The van der Waals surface area contributed by atoms with Gasteiger partial charge >= 0.3 is 0 Å². The second-order valence-electron chi connectivity index (χ2n) is 7.17. The maximum absolute atomic E-state index is 6.52. The van der Waals surface area contributed by atoms with Gasteiger partial charge in [0.15, 0.2) is 5.15 Å². The van der Waals surface area contributed by atoms with Crippen molar-refractivity contribution in [2.24, 2.45) is 5.92 Å². The molecule has 0 aliphatic carbocycles. The summed E-state index contributed by atoms with van der Waals surface area (Å²) in [5.74, 6) is 1.76. The molecule has 4 aromatic rings. The van der Waals surface area contributed by atoms with Gasteiger partial charge in [-0.05, 0) is 49.7 Å². The Labute approximate surface area is 167 Å². The van der Waals surface area contributed by atoms with Crippen LogP contribution in [0.3, 0.4) is 0 Å². The van der Waals surface area contributed by atoms with Crippen LogP contribution >= 0.6 is 22.9 Å². The highest BCUT2D eigenvalue weighted by atomic mass is 35.5. The van der Waals surface area contributed by atoms with E-state index in [9.17, 15) is 0 Å². The van der Waals surface area contributed by atoms with Crippen molar-refractivity contribution in [3.63, 3.8) is 0 Å². The molecule has 3 aromatic heterocycles. The van der Waals surface area contributed by atoms with Gasteiger partial charge in [-0.2, -0.15) is 0 Å². The van der Waals surface area contributed by atoms with Crippen LogP contribution < -0.4 is 5.32 Å². The molecule has 4 heterocycles. The van der Waals surface area contributed by atoms with Gasteiger partial charge in [0.1, 0.15) is 11.3 Å². The highest BCUT2D eigenvalue weighted by Crippen LogP contribution is 2.36. The fourth-order valence-corrected chi connectivity index (χ4v) is 5.17. The van der Waals surface area contributed by atoms with Gasteiger partial charge in [0.25, 0.3) is 0 Å². The molecular weight excluding hydrogens is 376 g/mol. The third-order valence-corrected chi connectivity index (χ3v) is 6.67. The molecular formula is C21H21ClN4S. The van der Waals surface area contributed by atoms with Gasteiger partial charge < -0.3 is 9.88 Å². The van der Waals surface area contributed by atoms with Crippen LogP contribution in [-0.2, 0) is 6.54 Å². The van der Waals surface area contributed by atoms with E-state index in [-0.39, 0.29) is 0 Å². The Bertz CT molecular complexity index is 1080. The zero-order chi connectivity index (χ0) is 18.2. The molecule has 1 saturated heterocycles. The first kappa shape index (κ1) is 17.2. The largest absolute Gasteiger partial charge is 0.323 e. The highest BCUT2D eigenvalue weighted by Gasteiger charge is 2.21. The number of aryl methyl sites for hydroxylation is 1. The van der Waals surface area contributed by atoms with Crippen LogP contribution in [0.4, 0.5) is 0 Å². The Hall–Kier alpha value is -1.95. The van der Waals surface area contributed by atoms with Gasteiger partial charge in [-0.15, -0.1) is 11.3 Å². The molecule has 27 heavy (non-hydrogen) atoms. The molecule has 0 radical (unpaired) electrons. The average Bonchev–Trinajstić information content (AvgIpc) is 3.32. The summed E-state index contributed by atoms with van der Waals surface area (Å²) in [4.78, 5) is 9.49. The lowest BCUT2D eigenvalue weighted by Crippen LogP contribution is -2.28. The van der Waals surface area contributed by atoms with Gasteiger partial charge in [0.2, 0.25) is 0 Å². The van der Waals surface area contributed by atoms with Crippen molar-refractivity contribution in [2.75, 3.05) is 13.1 Å².